The van der Waals surface area contributed by atoms with E-state index in [-0.39, 0.29) is 24.5 Å². The zero-order valence-corrected chi connectivity index (χ0v) is 12.3. The standard InChI is InChI=1S/C17H21NO3/c1-11-6-7-15-13(8-11)9-16(21-15)17(20)18-14-5-3-2-4-12(14)10-19/h6-9,12,14,19H,2-5,10H2,1H3,(H,18,20). The van der Waals surface area contributed by atoms with Crippen LogP contribution in [0.4, 0.5) is 0 Å². The summed E-state index contributed by atoms with van der Waals surface area (Å²) < 4.78 is 5.62. The minimum Gasteiger partial charge on any atom is -0.451 e. The van der Waals surface area contributed by atoms with E-state index in [1.54, 1.807) is 6.07 Å². The van der Waals surface area contributed by atoms with Gasteiger partial charge in [0.15, 0.2) is 5.76 Å². The van der Waals surface area contributed by atoms with Crippen molar-refractivity contribution in [2.75, 3.05) is 6.61 Å². The second-order valence-corrected chi connectivity index (χ2v) is 5.96. The Bertz CT molecular complexity index is 647. The van der Waals surface area contributed by atoms with Gasteiger partial charge in [0.2, 0.25) is 0 Å². The summed E-state index contributed by atoms with van der Waals surface area (Å²) in [7, 11) is 0. The molecule has 0 spiro atoms. The fourth-order valence-electron chi connectivity index (χ4n) is 3.13. The quantitative estimate of drug-likeness (QED) is 0.912. The molecule has 21 heavy (non-hydrogen) atoms. The summed E-state index contributed by atoms with van der Waals surface area (Å²) in [6.45, 7) is 2.14. The van der Waals surface area contributed by atoms with Gasteiger partial charge in [0.05, 0.1) is 0 Å². The molecule has 112 valence electrons. The lowest BCUT2D eigenvalue weighted by atomic mass is 9.85. The van der Waals surface area contributed by atoms with Crippen molar-refractivity contribution in [2.24, 2.45) is 5.92 Å². The summed E-state index contributed by atoms with van der Waals surface area (Å²) >= 11 is 0. The Labute approximate surface area is 124 Å². The molecule has 1 saturated carbocycles. The highest BCUT2D eigenvalue weighted by Gasteiger charge is 2.27. The van der Waals surface area contributed by atoms with Gasteiger partial charge in [-0.3, -0.25) is 4.79 Å². The van der Waals surface area contributed by atoms with Crippen molar-refractivity contribution in [1.82, 2.24) is 5.32 Å². The predicted octanol–water partition coefficient (Wildman–Crippen LogP) is 3.02. The Hall–Kier alpha value is -1.81. The molecule has 0 aliphatic heterocycles. The van der Waals surface area contributed by atoms with Crippen molar-refractivity contribution >= 4 is 16.9 Å². The van der Waals surface area contributed by atoms with Gasteiger partial charge in [0.25, 0.3) is 5.91 Å². The molecule has 0 bridgehead atoms. The lowest BCUT2D eigenvalue weighted by Crippen LogP contribution is -2.43. The van der Waals surface area contributed by atoms with E-state index in [1.165, 1.54) is 0 Å². The summed E-state index contributed by atoms with van der Waals surface area (Å²) in [6, 6.07) is 7.70. The monoisotopic (exact) mass is 287 g/mol. The van der Waals surface area contributed by atoms with Crippen LogP contribution in [0.1, 0.15) is 41.8 Å². The molecular weight excluding hydrogens is 266 g/mol. The Balaban J connectivity index is 1.77. The third kappa shape index (κ3) is 2.95. The first-order chi connectivity index (χ1) is 10.2. The molecule has 1 aromatic heterocycles. The number of amides is 1. The molecule has 2 atom stereocenters. The van der Waals surface area contributed by atoms with Gasteiger partial charge in [-0.2, -0.15) is 0 Å². The van der Waals surface area contributed by atoms with Gasteiger partial charge in [-0.05, 0) is 38.0 Å². The van der Waals surface area contributed by atoms with Crippen LogP contribution in [0.25, 0.3) is 11.0 Å². The first-order valence-electron chi connectivity index (χ1n) is 7.59. The predicted molar refractivity (Wildman–Crippen MR) is 81.2 cm³/mol. The lowest BCUT2D eigenvalue weighted by molar-refractivity contribution is 0.0847. The molecular formula is C17H21NO3. The Kier molecular flexibility index (Phi) is 3.97. The van der Waals surface area contributed by atoms with E-state index in [9.17, 15) is 9.90 Å². The number of aliphatic hydroxyl groups is 1. The van der Waals surface area contributed by atoms with Crippen LogP contribution in [0.3, 0.4) is 0 Å². The van der Waals surface area contributed by atoms with E-state index in [1.807, 2.05) is 25.1 Å². The van der Waals surface area contributed by atoms with Crippen molar-refractivity contribution in [3.8, 4) is 0 Å². The molecule has 1 aliphatic carbocycles. The molecule has 1 aliphatic rings. The molecule has 2 aromatic rings. The highest BCUT2D eigenvalue weighted by atomic mass is 16.3. The average molecular weight is 287 g/mol. The fourth-order valence-corrected chi connectivity index (χ4v) is 3.13. The Morgan fingerprint density at radius 2 is 2.14 bits per heavy atom. The van der Waals surface area contributed by atoms with E-state index in [0.717, 1.165) is 42.2 Å². The summed E-state index contributed by atoms with van der Waals surface area (Å²) in [6.07, 6.45) is 4.12. The minimum atomic E-state index is -0.186. The van der Waals surface area contributed by atoms with E-state index >= 15 is 0 Å². The normalized spacial score (nSPS) is 22.4. The summed E-state index contributed by atoms with van der Waals surface area (Å²) in [5, 5.41) is 13.4. The SMILES string of the molecule is Cc1ccc2oc(C(=O)NC3CCCCC3CO)cc2c1. The molecule has 1 aromatic carbocycles. The molecule has 1 fully saturated rings. The second-order valence-electron chi connectivity index (χ2n) is 5.96. The molecule has 3 rings (SSSR count). The third-order valence-corrected chi connectivity index (χ3v) is 4.36. The first-order valence-corrected chi connectivity index (χ1v) is 7.59. The zero-order chi connectivity index (χ0) is 14.8. The highest BCUT2D eigenvalue weighted by molar-refractivity contribution is 5.96. The number of carbonyl (C=O) groups is 1. The number of carbonyl (C=O) groups excluding carboxylic acids is 1. The number of fused-ring (bicyclic) bond motifs is 1. The van der Waals surface area contributed by atoms with Crippen molar-refractivity contribution in [1.29, 1.82) is 0 Å². The van der Waals surface area contributed by atoms with Crippen LogP contribution in [-0.4, -0.2) is 23.7 Å². The van der Waals surface area contributed by atoms with E-state index in [4.69, 9.17) is 4.42 Å². The van der Waals surface area contributed by atoms with Crippen LogP contribution in [0.5, 0.6) is 0 Å². The van der Waals surface area contributed by atoms with Crippen LogP contribution in [0.2, 0.25) is 0 Å². The number of aryl methyl sites for hydroxylation is 1. The van der Waals surface area contributed by atoms with Gasteiger partial charge < -0.3 is 14.8 Å². The van der Waals surface area contributed by atoms with E-state index in [2.05, 4.69) is 5.32 Å². The van der Waals surface area contributed by atoms with E-state index < -0.39 is 0 Å². The maximum absolute atomic E-state index is 12.3. The number of benzene rings is 1. The smallest absolute Gasteiger partial charge is 0.287 e. The molecule has 0 radical (unpaired) electrons. The van der Waals surface area contributed by atoms with Gasteiger partial charge in [0, 0.05) is 24.0 Å². The minimum absolute atomic E-state index is 0.0474. The average Bonchev–Trinajstić information content (AvgIpc) is 2.91. The van der Waals surface area contributed by atoms with Crippen molar-refractivity contribution in [3.63, 3.8) is 0 Å². The number of hydrogen-bond donors (Lipinski definition) is 2. The number of hydrogen-bond acceptors (Lipinski definition) is 3. The largest absolute Gasteiger partial charge is 0.451 e. The van der Waals surface area contributed by atoms with Crippen LogP contribution < -0.4 is 5.32 Å². The molecule has 1 heterocycles. The van der Waals surface area contributed by atoms with Crippen LogP contribution >= 0.6 is 0 Å². The van der Waals surface area contributed by atoms with Crippen LogP contribution in [0, 0.1) is 12.8 Å². The topological polar surface area (TPSA) is 62.5 Å². The lowest BCUT2D eigenvalue weighted by Gasteiger charge is -2.30. The molecule has 1 amide bonds. The third-order valence-electron chi connectivity index (χ3n) is 4.36. The summed E-state index contributed by atoms with van der Waals surface area (Å²) in [5.41, 5.74) is 1.87. The summed E-state index contributed by atoms with van der Waals surface area (Å²) in [4.78, 5) is 12.3. The van der Waals surface area contributed by atoms with E-state index in [0.29, 0.717) is 5.76 Å². The number of aliphatic hydroxyl groups excluding tert-OH is 1. The molecule has 2 unspecified atom stereocenters. The molecule has 0 saturated heterocycles. The summed E-state index contributed by atoms with van der Waals surface area (Å²) in [5.74, 6) is 0.321. The maximum Gasteiger partial charge on any atom is 0.287 e. The van der Waals surface area contributed by atoms with Crippen molar-refractivity contribution in [3.05, 3.63) is 35.6 Å². The number of nitrogens with one attached hydrogen (secondary N) is 1. The first kappa shape index (κ1) is 14.1. The molecule has 2 N–H and O–H groups in total. The van der Waals surface area contributed by atoms with Gasteiger partial charge in [-0.1, -0.05) is 24.5 Å². The van der Waals surface area contributed by atoms with Gasteiger partial charge in [0.1, 0.15) is 5.58 Å². The fraction of sp³-hybridized carbons (Fsp3) is 0.471. The molecule has 4 heteroatoms. The number of furan rings is 1. The Morgan fingerprint density at radius 1 is 1.33 bits per heavy atom. The van der Waals surface area contributed by atoms with Crippen LogP contribution in [0.15, 0.2) is 28.7 Å². The van der Waals surface area contributed by atoms with Crippen molar-refractivity contribution in [2.45, 2.75) is 38.6 Å². The van der Waals surface area contributed by atoms with Crippen LogP contribution in [-0.2, 0) is 0 Å². The maximum atomic E-state index is 12.3. The van der Waals surface area contributed by atoms with Gasteiger partial charge >= 0.3 is 0 Å². The van der Waals surface area contributed by atoms with Gasteiger partial charge in [-0.15, -0.1) is 0 Å². The second kappa shape index (κ2) is 5.90. The molecule has 4 nitrogen and oxygen atoms in total. The Morgan fingerprint density at radius 3 is 2.95 bits per heavy atom. The number of rotatable bonds is 3. The van der Waals surface area contributed by atoms with Crippen molar-refractivity contribution < 1.29 is 14.3 Å². The zero-order valence-electron chi connectivity index (χ0n) is 12.3. The van der Waals surface area contributed by atoms with Gasteiger partial charge in [-0.25, -0.2) is 0 Å². The highest BCUT2D eigenvalue weighted by Crippen LogP contribution is 2.25.